The summed E-state index contributed by atoms with van der Waals surface area (Å²) in [5.41, 5.74) is 1.87. The molecule has 180 valence electrons. The number of anilines is 1. The third-order valence-corrected chi connectivity index (χ3v) is 6.02. The summed E-state index contributed by atoms with van der Waals surface area (Å²) >= 11 is 12.8. The van der Waals surface area contributed by atoms with Crippen molar-refractivity contribution in [2.45, 2.75) is 13.5 Å². The highest BCUT2D eigenvalue weighted by Gasteiger charge is 2.16. The van der Waals surface area contributed by atoms with Crippen LogP contribution in [0.3, 0.4) is 0 Å². The average molecular weight is 517 g/mol. The molecule has 0 aromatic heterocycles. The van der Waals surface area contributed by atoms with Crippen LogP contribution in [0, 0.1) is 11.3 Å². The molecule has 0 atom stereocenters. The van der Waals surface area contributed by atoms with Crippen LogP contribution in [0.25, 0.3) is 16.8 Å². The van der Waals surface area contributed by atoms with Gasteiger partial charge < -0.3 is 14.8 Å². The Balaban J connectivity index is 1.60. The Morgan fingerprint density at radius 1 is 0.972 bits per heavy atom. The molecule has 0 aliphatic carbocycles. The first-order valence-electron chi connectivity index (χ1n) is 11.2. The highest BCUT2D eigenvalue weighted by Crippen LogP contribution is 2.38. The van der Waals surface area contributed by atoms with Crippen LogP contribution >= 0.6 is 23.2 Å². The van der Waals surface area contributed by atoms with Crippen molar-refractivity contribution in [1.29, 1.82) is 5.26 Å². The second-order valence-corrected chi connectivity index (χ2v) is 8.61. The molecule has 5 nitrogen and oxygen atoms in total. The molecular formula is C29H22Cl2N2O3. The van der Waals surface area contributed by atoms with Gasteiger partial charge in [-0.2, -0.15) is 5.26 Å². The van der Waals surface area contributed by atoms with Crippen molar-refractivity contribution in [3.63, 3.8) is 0 Å². The fourth-order valence-corrected chi connectivity index (χ4v) is 4.14. The smallest absolute Gasteiger partial charge is 0.266 e. The molecule has 1 amide bonds. The van der Waals surface area contributed by atoms with Crippen LogP contribution in [0.5, 0.6) is 11.5 Å². The van der Waals surface area contributed by atoms with Crippen LogP contribution in [-0.2, 0) is 11.4 Å². The van der Waals surface area contributed by atoms with Gasteiger partial charge in [-0.3, -0.25) is 4.79 Å². The van der Waals surface area contributed by atoms with E-state index in [1.54, 1.807) is 24.3 Å². The van der Waals surface area contributed by atoms with Gasteiger partial charge in [0, 0.05) is 21.7 Å². The molecule has 4 aromatic carbocycles. The number of rotatable bonds is 8. The van der Waals surface area contributed by atoms with E-state index in [4.69, 9.17) is 32.7 Å². The van der Waals surface area contributed by atoms with Crippen molar-refractivity contribution in [3.8, 4) is 17.6 Å². The number of ether oxygens (including phenoxy) is 2. The Hall–Kier alpha value is -3.98. The first-order chi connectivity index (χ1) is 17.5. The third-order valence-electron chi connectivity index (χ3n) is 5.38. The first-order valence-corrected chi connectivity index (χ1v) is 12.0. The van der Waals surface area contributed by atoms with Gasteiger partial charge in [0.05, 0.1) is 11.6 Å². The van der Waals surface area contributed by atoms with E-state index in [2.05, 4.69) is 5.32 Å². The molecule has 0 saturated carbocycles. The summed E-state index contributed by atoms with van der Waals surface area (Å²) in [7, 11) is 0. The normalized spacial score (nSPS) is 11.1. The molecule has 0 radical (unpaired) electrons. The Labute approximate surface area is 219 Å². The summed E-state index contributed by atoms with van der Waals surface area (Å²) in [4.78, 5) is 12.9. The topological polar surface area (TPSA) is 71.3 Å². The molecule has 7 heteroatoms. The zero-order valence-corrected chi connectivity index (χ0v) is 20.9. The van der Waals surface area contributed by atoms with E-state index in [0.29, 0.717) is 34.4 Å². The number of nitrogens with one attached hydrogen (secondary N) is 1. The van der Waals surface area contributed by atoms with Crippen molar-refractivity contribution in [2.75, 3.05) is 11.9 Å². The highest BCUT2D eigenvalue weighted by atomic mass is 35.5. The summed E-state index contributed by atoms with van der Waals surface area (Å²) < 4.78 is 11.7. The number of carbonyl (C=O) groups excluding carboxylic acids is 1. The van der Waals surface area contributed by atoms with Gasteiger partial charge in [0.1, 0.15) is 18.2 Å². The standard InChI is InChI=1S/C29H22Cl2N2O3/c1-2-35-27-16-19(15-25(31)28(27)36-18-21-9-4-6-12-24(21)30)14-22(17-32)29(34)33-26-13-7-10-20-8-3-5-11-23(20)26/h3-16H,2,18H2,1H3,(H,33,34)/b22-14+. The summed E-state index contributed by atoms with van der Waals surface area (Å²) in [6, 6.07) is 25.9. The molecular weight excluding hydrogens is 495 g/mol. The van der Waals surface area contributed by atoms with Crippen LogP contribution in [0.2, 0.25) is 10.0 Å². The Morgan fingerprint density at radius 3 is 2.50 bits per heavy atom. The summed E-state index contributed by atoms with van der Waals surface area (Å²) in [5, 5.41) is 15.3. The van der Waals surface area contributed by atoms with Crippen LogP contribution in [0.1, 0.15) is 18.1 Å². The number of halogens is 2. The van der Waals surface area contributed by atoms with Gasteiger partial charge >= 0.3 is 0 Å². The Morgan fingerprint density at radius 2 is 1.72 bits per heavy atom. The molecule has 36 heavy (non-hydrogen) atoms. The minimum Gasteiger partial charge on any atom is -0.490 e. The van der Waals surface area contributed by atoms with Gasteiger partial charge in [-0.25, -0.2) is 0 Å². The molecule has 0 fully saturated rings. The first kappa shape index (κ1) is 25.1. The molecule has 0 aliphatic rings. The molecule has 0 saturated heterocycles. The minimum atomic E-state index is -0.526. The van der Waals surface area contributed by atoms with E-state index in [9.17, 15) is 10.1 Å². The van der Waals surface area contributed by atoms with E-state index in [1.807, 2.05) is 67.6 Å². The van der Waals surface area contributed by atoms with Crippen LogP contribution in [0.4, 0.5) is 5.69 Å². The SMILES string of the molecule is CCOc1cc(/C=C(\C#N)C(=O)Nc2cccc3ccccc23)cc(Cl)c1OCc1ccccc1Cl. The maximum absolute atomic E-state index is 12.9. The third kappa shape index (κ3) is 5.80. The Bertz CT molecular complexity index is 1490. The monoisotopic (exact) mass is 516 g/mol. The molecule has 4 rings (SSSR count). The zero-order chi connectivity index (χ0) is 25.5. The van der Waals surface area contributed by atoms with E-state index >= 15 is 0 Å². The number of amides is 1. The number of fused-ring (bicyclic) bond motifs is 1. The summed E-state index contributed by atoms with van der Waals surface area (Å²) in [6.45, 7) is 2.41. The lowest BCUT2D eigenvalue weighted by Crippen LogP contribution is -2.13. The molecule has 0 unspecified atom stereocenters. The number of nitrogens with zero attached hydrogens (tertiary/aromatic N) is 1. The van der Waals surface area contributed by atoms with Crippen molar-refractivity contribution in [2.24, 2.45) is 0 Å². The number of hydrogen-bond acceptors (Lipinski definition) is 4. The fourth-order valence-electron chi connectivity index (χ4n) is 3.68. The lowest BCUT2D eigenvalue weighted by Gasteiger charge is -2.15. The van der Waals surface area contributed by atoms with Gasteiger partial charge in [0.15, 0.2) is 11.5 Å². The molecule has 0 bridgehead atoms. The number of hydrogen-bond donors (Lipinski definition) is 1. The predicted octanol–water partition coefficient (Wildman–Crippen LogP) is 7.67. The second-order valence-electron chi connectivity index (χ2n) is 7.79. The fraction of sp³-hybridized carbons (Fsp3) is 0.103. The molecule has 0 spiro atoms. The van der Waals surface area contributed by atoms with Gasteiger partial charge in [-0.1, -0.05) is 77.8 Å². The van der Waals surface area contributed by atoms with Crippen LogP contribution < -0.4 is 14.8 Å². The molecule has 4 aromatic rings. The van der Waals surface area contributed by atoms with E-state index < -0.39 is 5.91 Å². The lowest BCUT2D eigenvalue weighted by atomic mass is 10.1. The van der Waals surface area contributed by atoms with Crippen molar-refractivity contribution in [3.05, 3.63) is 106 Å². The van der Waals surface area contributed by atoms with Crippen molar-refractivity contribution < 1.29 is 14.3 Å². The summed E-state index contributed by atoms with van der Waals surface area (Å²) in [5.74, 6) is 0.228. The summed E-state index contributed by atoms with van der Waals surface area (Å²) in [6.07, 6.45) is 1.46. The van der Waals surface area contributed by atoms with E-state index in [-0.39, 0.29) is 17.2 Å². The van der Waals surface area contributed by atoms with Crippen LogP contribution in [-0.4, -0.2) is 12.5 Å². The van der Waals surface area contributed by atoms with Gasteiger partial charge in [0.2, 0.25) is 0 Å². The minimum absolute atomic E-state index is 0.0776. The largest absolute Gasteiger partial charge is 0.490 e. The van der Waals surface area contributed by atoms with Gasteiger partial charge in [-0.15, -0.1) is 0 Å². The molecule has 0 aliphatic heterocycles. The molecule has 1 N–H and O–H groups in total. The Kier molecular flexibility index (Phi) is 8.12. The lowest BCUT2D eigenvalue weighted by molar-refractivity contribution is -0.112. The van der Waals surface area contributed by atoms with Crippen molar-refractivity contribution >= 4 is 51.6 Å². The molecule has 0 heterocycles. The maximum atomic E-state index is 12.9. The van der Waals surface area contributed by atoms with E-state index in [1.165, 1.54) is 6.08 Å². The quantitative estimate of drug-likeness (QED) is 0.192. The second kappa shape index (κ2) is 11.6. The number of nitriles is 1. The number of carbonyl (C=O) groups is 1. The van der Waals surface area contributed by atoms with Crippen LogP contribution in [0.15, 0.2) is 84.4 Å². The van der Waals surface area contributed by atoms with Crippen molar-refractivity contribution in [1.82, 2.24) is 0 Å². The predicted molar refractivity (Wildman–Crippen MR) is 145 cm³/mol. The average Bonchev–Trinajstić information content (AvgIpc) is 2.88. The zero-order valence-electron chi connectivity index (χ0n) is 19.4. The van der Waals surface area contributed by atoms with Gasteiger partial charge in [-0.05, 0) is 48.2 Å². The van der Waals surface area contributed by atoms with E-state index in [0.717, 1.165) is 16.3 Å². The highest BCUT2D eigenvalue weighted by molar-refractivity contribution is 6.32. The maximum Gasteiger partial charge on any atom is 0.266 e. The number of benzene rings is 4. The van der Waals surface area contributed by atoms with Gasteiger partial charge in [0.25, 0.3) is 5.91 Å².